The highest BCUT2D eigenvalue weighted by molar-refractivity contribution is 7.88. The summed E-state index contributed by atoms with van der Waals surface area (Å²) in [7, 11) is -3.33. The summed E-state index contributed by atoms with van der Waals surface area (Å²) in [6, 6.07) is 1.45. The molecule has 1 aromatic rings. The van der Waals surface area contributed by atoms with Gasteiger partial charge in [-0.25, -0.2) is 8.42 Å². The maximum atomic E-state index is 12.8. The minimum Gasteiger partial charge on any atom is -0.336 e. The predicted molar refractivity (Wildman–Crippen MR) is 81.5 cm³/mol. The van der Waals surface area contributed by atoms with E-state index in [4.69, 9.17) is 0 Å². The van der Waals surface area contributed by atoms with E-state index < -0.39 is 16.1 Å². The SMILES string of the molecule is CS(=O)(=O)N1CCC[C@H]1C(=O)N1CCC[C@@H]1Cn1cccn1. The Morgan fingerprint density at radius 2 is 2.05 bits per heavy atom. The maximum absolute atomic E-state index is 12.8. The van der Waals surface area contributed by atoms with Gasteiger partial charge in [0.05, 0.1) is 18.8 Å². The zero-order valence-corrected chi connectivity index (χ0v) is 13.6. The van der Waals surface area contributed by atoms with Gasteiger partial charge in [0.2, 0.25) is 15.9 Å². The fourth-order valence-electron chi connectivity index (χ4n) is 3.52. The van der Waals surface area contributed by atoms with Gasteiger partial charge >= 0.3 is 0 Å². The molecule has 0 bridgehead atoms. The third kappa shape index (κ3) is 3.03. The Bertz CT molecular complexity index is 629. The predicted octanol–water partition coefficient (Wildman–Crippen LogP) is 0.298. The molecule has 2 aliphatic rings. The van der Waals surface area contributed by atoms with Gasteiger partial charge in [-0.2, -0.15) is 9.40 Å². The van der Waals surface area contributed by atoms with Crippen LogP contribution in [0.15, 0.2) is 18.5 Å². The van der Waals surface area contributed by atoms with Gasteiger partial charge in [0.1, 0.15) is 6.04 Å². The van der Waals surface area contributed by atoms with Gasteiger partial charge < -0.3 is 4.90 Å². The van der Waals surface area contributed by atoms with Gasteiger partial charge in [0.25, 0.3) is 0 Å². The van der Waals surface area contributed by atoms with Crippen LogP contribution in [-0.2, 0) is 21.4 Å². The lowest BCUT2D eigenvalue weighted by Crippen LogP contribution is -2.49. The number of nitrogens with zero attached hydrogens (tertiary/aromatic N) is 4. The van der Waals surface area contributed by atoms with Crippen molar-refractivity contribution in [1.82, 2.24) is 19.0 Å². The minimum absolute atomic E-state index is 0.0439. The number of rotatable bonds is 4. The number of hydrogen-bond acceptors (Lipinski definition) is 4. The van der Waals surface area contributed by atoms with E-state index in [0.717, 1.165) is 19.3 Å². The summed E-state index contributed by atoms with van der Waals surface area (Å²) < 4.78 is 26.9. The number of carbonyl (C=O) groups excluding carboxylic acids is 1. The van der Waals surface area contributed by atoms with Gasteiger partial charge in [0.15, 0.2) is 0 Å². The molecule has 2 fully saturated rings. The van der Waals surface area contributed by atoms with Gasteiger partial charge in [0, 0.05) is 25.5 Å². The van der Waals surface area contributed by atoms with Crippen molar-refractivity contribution in [2.75, 3.05) is 19.3 Å². The molecule has 2 aliphatic heterocycles. The smallest absolute Gasteiger partial charge is 0.241 e. The summed E-state index contributed by atoms with van der Waals surface area (Å²) in [4.78, 5) is 14.7. The zero-order valence-electron chi connectivity index (χ0n) is 12.8. The molecule has 1 amide bonds. The van der Waals surface area contributed by atoms with Gasteiger partial charge in [-0.05, 0) is 31.7 Å². The number of hydrogen-bond donors (Lipinski definition) is 0. The van der Waals surface area contributed by atoms with Crippen LogP contribution < -0.4 is 0 Å². The Balaban J connectivity index is 1.73. The van der Waals surface area contributed by atoms with E-state index in [-0.39, 0.29) is 11.9 Å². The van der Waals surface area contributed by atoms with Crippen LogP contribution in [-0.4, -0.2) is 64.7 Å². The average molecular weight is 326 g/mol. The molecule has 0 saturated carbocycles. The summed E-state index contributed by atoms with van der Waals surface area (Å²) in [5.41, 5.74) is 0. The molecule has 7 nitrogen and oxygen atoms in total. The molecule has 122 valence electrons. The number of sulfonamides is 1. The van der Waals surface area contributed by atoms with Crippen molar-refractivity contribution in [3.05, 3.63) is 18.5 Å². The van der Waals surface area contributed by atoms with Crippen molar-refractivity contribution < 1.29 is 13.2 Å². The van der Waals surface area contributed by atoms with E-state index in [1.165, 1.54) is 10.6 Å². The van der Waals surface area contributed by atoms with Crippen molar-refractivity contribution in [3.8, 4) is 0 Å². The summed E-state index contributed by atoms with van der Waals surface area (Å²) in [5, 5.41) is 4.20. The molecule has 0 radical (unpaired) electrons. The molecule has 8 heteroatoms. The lowest BCUT2D eigenvalue weighted by atomic mass is 10.1. The second-order valence-corrected chi connectivity index (χ2v) is 8.02. The normalized spacial score (nSPS) is 26.7. The first kappa shape index (κ1) is 15.5. The Morgan fingerprint density at radius 1 is 1.27 bits per heavy atom. The summed E-state index contributed by atoms with van der Waals surface area (Å²) in [5.74, 6) is -0.0439. The van der Waals surface area contributed by atoms with Crippen molar-refractivity contribution in [1.29, 1.82) is 0 Å². The molecule has 0 aromatic carbocycles. The first-order valence-electron chi connectivity index (χ1n) is 7.71. The minimum atomic E-state index is -3.33. The molecule has 0 N–H and O–H groups in total. The Labute approximate surface area is 130 Å². The van der Waals surface area contributed by atoms with Crippen molar-refractivity contribution >= 4 is 15.9 Å². The molecule has 22 heavy (non-hydrogen) atoms. The van der Waals surface area contributed by atoms with E-state index in [2.05, 4.69) is 5.10 Å². The highest BCUT2D eigenvalue weighted by atomic mass is 32.2. The van der Waals surface area contributed by atoms with E-state index in [9.17, 15) is 13.2 Å². The van der Waals surface area contributed by atoms with Crippen LogP contribution in [0, 0.1) is 0 Å². The van der Waals surface area contributed by atoms with Gasteiger partial charge in [-0.15, -0.1) is 0 Å². The highest BCUT2D eigenvalue weighted by Gasteiger charge is 2.41. The van der Waals surface area contributed by atoms with Crippen molar-refractivity contribution in [2.24, 2.45) is 0 Å². The summed E-state index contributed by atoms with van der Waals surface area (Å²) in [6.45, 7) is 1.83. The Kier molecular flexibility index (Phi) is 4.22. The van der Waals surface area contributed by atoms with E-state index in [1.807, 2.05) is 21.8 Å². The molecular formula is C14H22N4O3S. The van der Waals surface area contributed by atoms with Crippen LogP contribution in [0.5, 0.6) is 0 Å². The van der Waals surface area contributed by atoms with Crippen LogP contribution in [0.4, 0.5) is 0 Å². The lowest BCUT2D eigenvalue weighted by molar-refractivity contribution is -0.135. The second-order valence-electron chi connectivity index (χ2n) is 6.09. The fourth-order valence-corrected chi connectivity index (χ4v) is 4.63. The first-order chi connectivity index (χ1) is 10.5. The average Bonchev–Trinajstić information content (AvgIpc) is 3.19. The third-order valence-electron chi connectivity index (χ3n) is 4.53. The van der Waals surface area contributed by atoms with Crippen LogP contribution in [0.3, 0.4) is 0 Å². The monoisotopic (exact) mass is 326 g/mol. The topological polar surface area (TPSA) is 75.5 Å². The van der Waals surface area contributed by atoms with Gasteiger partial charge in [-0.1, -0.05) is 0 Å². The molecule has 1 aromatic heterocycles. The van der Waals surface area contributed by atoms with Crippen LogP contribution in [0.2, 0.25) is 0 Å². The standard InChI is InChI=1S/C14H22N4O3S/c1-22(20,21)18-10-3-6-13(18)14(19)17-9-2-5-12(17)11-16-8-4-7-15-16/h4,7-8,12-13H,2-3,5-6,9-11H2,1H3/t12-,13+/m1/s1. The second kappa shape index (κ2) is 6.00. The van der Waals surface area contributed by atoms with Crippen LogP contribution >= 0.6 is 0 Å². The quantitative estimate of drug-likeness (QED) is 0.797. The molecule has 2 saturated heterocycles. The number of amides is 1. The van der Waals surface area contributed by atoms with Crippen LogP contribution in [0.25, 0.3) is 0 Å². The lowest BCUT2D eigenvalue weighted by Gasteiger charge is -2.30. The van der Waals surface area contributed by atoms with E-state index >= 15 is 0 Å². The number of likely N-dealkylation sites (tertiary alicyclic amines) is 1. The number of aromatic nitrogens is 2. The Morgan fingerprint density at radius 3 is 2.73 bits per heavy atom. The summed E-state index contributed by atoms with van der Waals surface area (Å²) in [6.07, 6.45) is 8.07. The maximum Gasteiger partial charge on any atom is 0.241 e. The summed E-state index contributed by atoms with van der Waals surface area (Å²) >= 11 is 0. The largest absolute Gasteiger partial charge is 0.336 e. The van der Waals surface area contributed by atoms with Gasteiger partial charge in [-0.3, -0.25) is 9.48 Å². The van der Waals surface area contributed by atoms with Crippen LogP contribution in [0.1, 0.15) is 25.7 Å². The first-order valence-corrected chi connectivity index (χ1v) is 9.56. The highest BCUT2D eigenvalue weighted by Crippen LogP contribution is 2.26. The molecule has 3 heterocycles. The molecule has 3 rings (SSSR count). The molecule has 0 spiro atoms. The van der Waals surface area contributed by atoms with E-state index in [0.29, 0.717) is 26.1 Å². The van der Waals surface area contributed by atoms with Crippen molar-refractivity contribution in [3.63, 3.8) is 0 Å². The molecule has 0 aliphatic carbocycles. The molecule has 0 unspecified atom stereocenters. The Hall–Kier alpha value is -1.41. The fraction of sp³-hybridized carbons (Fsp3) is 0.714. The molecule has 2 atom stereocenters. The third-order valence-corrected chi connectivity index (χ3v) is 5.82. The van der Waals surface area contributed by atoms with E-state index in [1.54, 1.807) is 6.20 Å². The zero-order chi connectivity index (χ0) is 15.7. The molecular weight excluding hydrogens is 304 g/mol. The van der Waals surface area contributed by atoms with Crippen molar-refractivity contribution in [2.45, 2.75) is 44.3 Å². The number of carbonyl (C=O) groups is 1.